The minimum atomic E-state index is -1.15. The second-order valence-corrected chi connectivity index (χ2v) is 9.85. The summed E-state index contributed by atoms with van der Waals surface area (Å²) in [6, 6.07) is 12.5. The van der Waals surface area contributed by atoms with Crippen LogP contribution in [0.3, 0.4) is 0 Å². The van der Waals surface area contributed by atoms with Crippen molar-refractivity contribution in [1.82, 2.24) is 4.90 Å². The van der Waals surface area contributed by atoms with Gasteiger partial charge in [0.15, 0.2) is 6.61 Å². The number of benzene rings is 2. The molecule has 2 aromatic rings. The van der Waals surface area contributed by atoms with Gasteiger partial charge in [-0.25, -0.2) is 4.79 Å². The number of hydrogen-bond donors (Lipinski definition) is 1. The number of likely N-dealkylation sites (tertiary alicyclic amines) is 1. The van der Waals surface area contributed by atoms with Crippen LogP contribution in [0.15, 0.2) is 60.7 Å². The first-order chi connectivity index (χ1) is 16.8. The average molecular weight is 513 g/mol. The van der Waals surface area contributed by atoms with Crippen molar-refractivity contribution >= 4 is 52.6 Å². The number of halogens is 2. The maximum atomic E-state index is 13.3. The predicted octanol–water partition coefficient (Wildman–Crippen LogP) is 3.89. The number of carbonyl (C=O) groups is 4. The normalized spacial score (nSPS) is 25.0. The Kier molecular flexibility index (Phi) is 6.38. The molecule has 2 fully saturated rings. The quantitative estimate of drug-likeness (QED) is 0.345. The molecule has 0 aromatic heterocycles. The van der Waals surface area contributed by atoms with Crippen LogP contribution < -0.4 is 5.32 Å². The van der Waals surface area contributed by atoms with E-state index in [1.54, 1.807) is 6.07 Å². The Morgan fingerprint density at radius 1 is 0.971 bits per heavy atom. The van der Waals surface area contributed by atoms with Gasteiger partial charge in [0, 0.05) is 12.1 Å². The molecule has 1 N–H and O–H groups in total. The minimum absolute atomic E-state index is 0.0248. The lowest BCUT2D eigenvalue weighted by molar-refractivity contribution is -0.160. The van der Waals surface area contributed by atoms with Crippen molar-refractivity contribution in [2.45, 2.75) is 18.9 Å². The fourth-order valence-corrected chi connectivity index (χ4v) is 5.65. The number of nitrogens with one attached hydrogen (secondary N) is 1. The third-order valence-electron chi connectivity index (χ3n) is 6.91. The second-order valence-electron chi connectivity index (χ2n) is 9.04. The van der Waals surface area contributed by atoms with Gasteiger partial charge in [-0.1, -0.05) is 65.7 Å². The molecular formula is C26H22Cl2N2O5. The van der Waals surface area contributed by atoms with Gasteiger partial charge in [0.2, 0.25) is 11.8 Å². The highest BCUT2D eigenvalue weighted by Crippen LogP contribution is 2.53. The molecule has 2 aromatic carbocycles. The first-order valence-electron chi connectivity index (χ1n) is 11.3. The Morgan fingerprint density at radius 2 is 1.63 bits per heavy atom. The van der Waals surface area contributed by atoms with E-state index in [1.165, 1.54) is 12.1 Å². The molecule has 5 atom stereocenters. The van der Waals surface area contributed by atoms with Gasteiger partial charge in [-0.05, 0) is 42.0 Å². The summed E-state index contributed by atoms with van der Waals surface area (Å²) >= 11 is 11.9. The van der Waals surface area contributed by atoms with Gasteiger partial charge in [0.25, 0.3) is 5.91 Å². The Bertz CT molecular complexity index is 1200. The van der Waals surface area contributed by atoms with Crippen molar-refractivity contribution in [2.75, 3.05) is 11.9 Å². The number of fused-ring (bicyclic) bond motifs is 5. The molecule has 0 unspecified atom stereocenters. The second kappa shape index (κ2) is 9.47. The molecule has 2 aliphatic carbocycles. The van der Waals surface area contributed by atoms with Crippen LogP contribution in [0, 0.1) is 23.7 Å². The standard InChI is InChI=1S/C26H22Cl2N2O5/c27-18-9-8-17(12-19(18)28)29-21(31)13-35-26(34)20(10-14-4-2-1-3-5-14)30-24(32)22-15-6-7-16(11-15)23(22)25(30)33/h1-9,12,15-16,20,22-23H,10-11,13H2,(H,29,31)/t15-,16-,20-,22-,23+/m0/s1. The van der Waals surface area contributed by atoms with Crippen LogP contribution >= 0.6 is 23.2 Å². The number of ether oxygens (including phenoxy) is 1. The highest BCUT2D eigenvalue weighted by atomic mass is 35.5. The van der Waals surface area contributed by atoms with E-state index < -0.39 is 36.4 Å². The molecule has 9 heteroatoms. The molecule has 3 amide bonds. The molecular weight excluding hydrogens is 491 g/mol. The van der Waals surface area contributed by atoms with E-state index >= 15 is 0 Å². The number of rotatable bonds is 7. The molecule has 2 bridgehead atoms. The Hall–Kier alpha value is -3.16. The smallest absolute Gasteiger partial charge is 0.330 e. The highest BCUT2D eigenvalue weighted by molar-refractivity contribution is 6.42. The van der Waals surface area contributed by atoms with Crippen molar-refractivity contribution in [3.63, 3.8) is 0 Å². The summed E-state index contributed by atoms with van der Waals surface area (Å²) < 4.78 is 5.29. The van der Waals surface area contributed by atoms with E-state index in [9.17, 15) is 19.2 Å². The lowest BCUT2D eigenvalue weighted by Crippen LogP contribution is -2.48. The fraction of sp³-hybridized carbons (Fsp3) is 0.308. The van der Waals surface area contributed by atoms with Crippen LogP contribution in [0.2, 0.25) is 10.0 Å². The Morgan fingerprint density at radius 3 is 2.26 bits per heavy atom. The first kappa shape index (κ1) is 23.6. The third kappa shape index (κ3) is 4.46. The summed E-state index contributed by atoms with van der Waals surface area (Å²) in [6.45, 7) is -0.583. The zero-order valence-electron chi connectivity index (χ0n) is 18.5. The molecule has 180 valence electrons. The van der Waals surface area contributed by atoms with E-state index in [0.29, 0.717) is 10.7 Å². The molecule has 7 nitrogen and oxygen atoms in total. The zero-order chi connectivity index (χ0) is 24.7. The molecule has 1 saturated heterocycles. The molecule has 1 heterocycles. The number of amides is 3. The number of carbonyl (C=O) groups excluding carboxylic acids is 4. The zero-order valence-corrected chi connectivity index (χ0v) is 20.0. The van der Waals surface area contributed by atoms with E-state index in [2.05, 4.69) is 5.32 Å². The number of anilines is 1. The van der Waals surface area contributed by atoms with Crippen molar-refractivity contribution in [3.05, 3.63) is 76.3 Å². The first-order valence-corrected chi connectivity index (χ1v) is 12.1. The summed E-state index contributed by atoms with van der Waals surface area (Å²) in [5, 5.41) is 3.19. The van der Waals surface area contributed by atoms with Crippen molar-refractivity contribution in [2.24, 2.45) is 23.7 Å². The fourth-order valence-electron chi connectivity index (χ4n) is 5.35. The topological polar surface area (TPSA) is 92.8 Å². The Balaban J connectivity index is 1.31. The van der Waals surface area contributed by atoms with Gasteiger partial charge in [-0.3, -0.25) is 19.3 Å². The molecule has 1 aliphatic heterocycles. The molecule has 3 aliphatic rings. The number of esters is 1. The monoisotopic (exact) mass is 512 g/mol. The molecule has 0 radical (unpaired) electrons. The van der Waals surface area contributed by atoms with E-state index in [1.807, 2.05) is 42.5 Å². The van der Waals surface area contributed by atoms with Gasteiger partial charge >= 0.3 is 5.97 Å². The maximum absolute atomic E-state index is 13.3. The predicted molar refractivity (Wildman–Crippen MR) is 130 cm³/mol. The average Bonchev–Trinajstić information content (AvgIpc) is 3.53. The highest BCUT2D eigenvalue weighted by Gasteiger charge is 2.61. The number of imide groups is 1. The van der Waals surface area contributed by atoms with Crippen molar-refractivity contribution in [1.29, 1.82) is 0 Å². The SMILES string of the molecule is O=C(COC(=O)[C@H](Cc1ccccc1)N1C(=O)[C@@H]2[C@H](C1=O)[C@H]1C=C[C@H]2C1)Nc1ccc(Cl)c(Cl)c1. The van der Waals surface area contributed by atoms with Crippen LogP contribution in [0.4, 0.5) is 5.69 Å². The van der Waals surface area contributed by atoms with Crippen LogP contribution in [-0.4, -0.2) is 41.2 Å². The molecule has 1 saturated carbocycles. The molecule has 35 heavy (non-hydrogen) atoms. The van der Waals surface area contributed by atoms with E-state index in [0.717, 1.165) is 16.9 Å². The summed E-state index contributed by atoms with van der Waals surface area (Å²) in [7, 11) is 0. The van der Waals surface area contributed by atoms with Crippen molar-refractivity contribution < 1.29 is 23.9 Å². The van der Waals surface area contributed by atoms with Gasteiger partial charge < -0.3 is 10.1 Å². The van der Waals surface area contributed by atoms with Crippen LogP contribution in [0.25, 0.3) is 0 Å². The summed E-state index contributed by atoms with van der Waals surface area (Å²) in [6.07, 6.45) is 4.90. The lowest BCUT2D eigenvalue weighted by atomic mass is 9.85. The largest absolute Gasteiger partial charge is 0.454 e. The van der Waals surface area contributed by atoms with Crippen LogP contribution in [0.5, 0.6) is 0 Å². The minimum Gasteiger partial charge on any atom is -0.454 e. The summed E-state index contributed by atoms with van der Waals surface area (Å²) in [5.74, 6) is -2.88. The summed E-state index contributed by atoms with van der Waals surface area (Å²) in [5.41, 5.74) is 1.16. The molecule has 5 rings (SSSR count). The Labute approximate surface area is 212 Å². The van der Waals surface area contributed by atoms with Gasteiger partial charge in [-0.15, -0.1) is 0 Å². The number of allylic oxidation sites excluding steroid dienone is 2. The third-order valence-corrected chi connectivity index (χ3v) is 7.65. The van der Waals surface area contributed by atoms with Gasteiger partial charge in [0.05, 0.1) is 21.9 Å². The van der Waals surface area contributed by atoms with Gasteiger partial charge in [-0.2, -0.15) is 0 Å². The maximum Gasteiger partial charge on any atom is 0.330 e. The lowest BCUT2D eigenvalue weighted by Gasteiger charge is -2.26. The van der Waals surface area contributed by atoms with Crippen LogP contribution in [0.1, 0.15) is 12.0 Å². The van der Waals surface area contributed by atoms with Gasteiger partial charge in [0.1, 0.15) is 6.04 Å². The number of nitrogens with zero attached hydrogens (tertiary/aromatic N) is 1. The van der Waals surface area contributed by atoms with Crippen molar-refractivity contribution in [3.8, 4) is 0 Å². The number of hydrogen-bond acceptors (Lipinski definition) is 5. The van der Waals surface area contributed by atoms with E-state index in [4.69, 9.17) is 27.9 Å². The molecule has 0 spiro atoms. The van der Waals surface area contributed by atoms with E-state index in [-0.39, 0.29) is 35.1 Å². The summed E-state index contributed by atoms with van der Waals surface area (Å²) in [4.78, 5) is 53.3. The van der Waals surface area contributed by atoms with Crippen LogP contribution in [-0.2, 0) is 30.3 Å².